The lowest BCUT2D eigenvalue weighted by atomic mass is 10.1. The van der Waals surface area contributed by atoms with Crippen LogP contribution in [0.5, 0.6) is 0 Å². The summed E-state index contributed by atoms with van der Waals surface area (Å²) in [4.78, 5) is 27.0. The maximum atomic E-state index is 11.9. The van der Waals surface area contributed by atoms with Gasteiger partial charge in [0.1, 0.15) is 0 Å². The van der Waals surface area contributed by atoms with E-state index in [-0.39, 0.29) is 24.7 Å². The molecule has 1 amide bonds. The van der Waals surface area contributed by atoms with Gasteiger partial charge in [0.2, 0.25) is 5.91 Å². The average molecular weight is 242 g/mol. The molecule has 1 heterocycles. The van der Waals surface area contributed by atoms with Crippen LogP contribution in [0.1, 0.15) is 26.7 Å². The summed E-state index contributed by atoms with van der Waals surface area (Å²) in [6.45, 7) is 5.69. The number of likely N-dealkylation sites (N-methyl/N-ethyl adjacent to an activating group) is 1. The molecule has 98 valence electrons. The molecule has 0 aromatic heterocycles. The quantitative estimate of drug-likeness (QED) is 0.676. The van der Waals surface area contributed by atoms with Crippen molar-refractivity contribution in [3.63, 3.8) is 0 Å². The Labute approximate surface area is 103 Å². The van der Waals surface area contributed by atoms with E-state index < -0.39 is 0 Å². The molecule has 1 saturated heterocycles. The molecule has 0 aliphatic carbocycles. The molecule has 2 atom stereocenters. The second-order valence-corrected chi connectivity index (χ2v) is 4.74. The number of ether oxygens (including phenoxy) is 1. The fourth-order valence-electron chi connectivity index (χ4n) is 2.08. The number of carbonyl (C=O) groups excluding carboxylic acids is 2. The first kappa shape index (κ1) is 14.0. The second-order valence-electron chi connectivity index (χ2n) is 4.74. The lowest BCUT2D eigenvalue weighted by Gasteiger charge is -2.42. The second kappa shape index (κ2) is 6.00. The number of hydrogen-bond acceptors (Lipinski definition) is 4. The Balaban J connectivity index is 2.45. The van der Waals surface area contributed by atoms with Crippen LogP contribution in [-0.2, 0) is 14.3 Å². The lowest BCUT2D eigenvalue weighted by Crippen LogP contribution is -2.56. The molecule has 0 N–H and O–H groups in total. The Morgan fingerprint density at radius 2 is 1.71 bits per heavy atom. The fraction of sp³-hybridized carbons (Fsp3) is 0.833. The molecule has 1 aliphatic rings. The van der Waals surface area contributed by atoms with Crippen molar-refractivity contribution in [2.75, 3.05) is 27.2 Å². The largest absolute Gasteiger partial charge is 0.469 e. The molecule has 5 nitrogen and oxygen atoms in total. The van der Waals surface area contributed by atoms with Crippen molar-refractivity contribution in [1.82, 2.24) is 9.80 Å². The number of nitrogens with zero attached hydrogens (tertiary/aromatic N) is 2. The molecular weight excluding hydrogens is 220 g/mol. The Morgan fingerprint density at radius 3 is 2.18 bits per heavy atom. The summed E-state index contributed by atoms with van der Waals surface area (Å²) in [7, 11) is 3.42. The SMILES string of the molecule is COC(=O)CCC(=O)N1CC(C)N(C)C(C)C1. The van der Waals surface area contributed by atoms with Crippen molar-refractivity contribution < 1.29 is 14.3 Å². The number of esters is 1. The van der Waals surface area contributed by atoms with E-state index in [0.717, 1.165) is 13.1 Å². The zero-order valence-electron chi connectivity index (χ0n) is 11.1. The molecule has 1 aliphatic heterocycles. The third-order valence-electron chi connectivity index (χ3n) is 3.48. The number of hydrogen-bond donors (Lipinski definition) is 0. The molecule has 0 bridgehead atoms. The van der Waals surface area contributed by atoms with Gasteiger partial charge in [-0.15, -0.1) is 0 Å². The summed E-state index contributed by atoms with van der Waals surface area (Å²) >= 11 is 0. The summed E-state index contributed by atoms with van der Waals surface area (Å²) in [5.41, 5.74) is 0. The normalized spacial score (nSPS) is 25.8. The number of piperazine rings is 1. The number of methoxy groups -OCH3 is 1. The molecule has 0 saturated carbocycles. The Bertz CT molecular complexity index is 281. The van der Waals surface area contributed by atoms with Crippen molar-refractivity contribution in [3.8, 4) is 0 Å². The van der Waals surface area contributed by atoms with E-state index in [0.29, 0.717) is 12.1 Å². The minimum Gasteiger partial charge on any atom is -0.469 e. The summed E-state index contributed by atoms with van der Waals surface area (Å²) in [5.74, 6) is -0.282. The average Bonchev–Trinajstić information content (AvgIpc) is 2.31. The highest BCUT2D eigenvalue weighted by Crippen LogP contribution is 2.14. The van der Waals surface area contributed by atoms with E-state index in [1.807, 2.05) is 4.90 Å². The van der Waals surface area contributed by atoms with Crippen molar-refractivity contribution in [2.45, 2.75) is 38.8 Å². The van der Waals surface area contributed by atoms with Gasteiger partial charge in [-0.1, -0.05) is 0 Å². The lowest BCUT2D eigenvalue weighted by molar-refractivity contribution is -0.144. The predicted octanol–water partition coefficient (Wildman–Crippen LogP) is 0.491. The molecule has 0 aromatic rings. The molecule has 1 fully saturated rings. The molecule has 17 heavy (non-hydrogen) atoms. The minimum absolute atomic E-state index is 0.0437. The van der Waals surface area contributed by atoms with Gasteiger partial charge < -0.3 is 9.64 Å². The van der Waals surface area contributed by atoms with Gasteiger partial charge in [0.05, 0.1) is 13.5 Å². The standard InChI is InChI=1S/C12H22N2O3/c1-9-7-14(8-10(2)13(9)3)11(15)5-6-12(16)17-4/h9-10H,5-8H2,1-4H3. The molecule has 0 spiro atoms. The van der Waals surface area contributed by atoms with Crippen LogP contribution < -0.4 is 0 Å². The van der Waals surface area contributed by atoms with E-state index in [1.54, 1.807) is 0 Å². The fourth-order valence-corrected chi connectivity index (χ4v) is 2.08. The van der Waals surface area contributed by atoms with E-state index in [4.69, 9.17) is 0 Å². The summed E-state index contributed by atoms with van der Waals surface area (Å²) in [6, 6.07) is 0.724. The minimum atomic E-state index is -0.325. The molecule has 0 aromatic carbocycles. The van der Waals surface area contributed by atoms with Crippen molar-refractivity contribution in [3.05, 3.63) is 0 Å². The monoisotopic (exact) mass is 242 g/mol. The van der Waals surface area contributed by atoms with Gasteiger partial charge in [-0.3, -0.25) is 14.5 Å². The summed E-state index contributed by atoms with van der Waals surface area (Å²) in [5, 5.41) is 0. The van der Waals surface area contributed by atoms with Crippen LogP contribution in [0.15, 0.2) is 0 Å². The van der Waals surface area contributed by atoms with Crippen molar-refractivity contribution in [1.29, 1.82) is 0 Å². The molecule has 0 radical (unpaired) electrons. The highest BCUT2D eigenvalue weighted by atomic mass is 16.5. The number of amides is 1. The topological polar surface area (TPSA) is 49.9 Å². The zero-order valence-corrected chi connectivity index (χ0v) is 11.1. The van der Waals surface area contributed by atoms with Crippen LogP contribution in [-0.4, -0.2) is 61.0 Å². The Hall–Kier alpha value is -1.10. The van der Waals surface area contributed by atoms with E-state index >= 15 is 0 Å². The van der Waals surface area contributed by atoms with Gasteiger partial charge >= 0.3 is 5.97 Å². The third kappa shape index (κ3) is 3.70. The van der Waals surface area contributed by atoms with Crippen LogP contribution in [0, 0.1) is 0 Å². The molecule has 5 heteroatoms. The van der Waals surface area contributed by atoms with Crippen LogP contribution >= 0.6 is 0 Å². The molecule has 2 unspecified atom stereocenters. The smallest absolute Gasteiger partial charge is 0.306 e. The van der Waals surface area contributed by atoms with Gasteiger partial charge in [0, 0.05) is 31.6 Å². The van der Waals surface area contributed by atoms with E-state index in [1.165, 1.54) is 7.11 Å². The first-order chi connectivity index (χ1) is 7.95. The van der Waals surface area contributed by atoms with Gasteiger partial charge in [-0.05, 0) is 20.9 Å². The maximum Gasteiger partial charge on any atom is 0.306 e. The maximum absolute atomic E-state index is 11.9. The molecular formula is C12H22N2O3. The van der Waals surface area contributed by atoms with Gasteiger partial charge in [0.25, 0.3) is 0 Å². The zero-order chi connectivity index (χ0) is 13.0. The summed E-state index contributed by atoms with van der Waals surface area (Å²) in [6.07, 6.45) is 0.417. The Kier molecular flexibility index (Phi) is 4.93. The summed E-state index contributed by atoms with van der Waals surface area (Å²) < 4.78 is 4.53. The van der Waals surface area contributed by atoms with Crippen LogP contribution in [0.4, 0.5) is 0 Å². The highest BCUT2D eigenvalue weighted by Gasteiger charge is 2.29. The van der Waals surface area contributed by atoms with Crippen molar-refractivity contribution in [2.24, 2.45) is 0 Å². The van der Waals surface area contributed by atoms with E-state index in [2.05, 4.69) is 30.5 Å². The van der Waals surface area contributed by atoms with Gasteiger partial charge in [0.15, 0.2) is 0 Å². The third-order valence-corrected chi connectivity index (χ3v) is 3.48. The Morgan fingerprint density at radius 1 is 1.18 bits per heavy atom. The predicted molar refractivity (Wildman–Crippen MR) is 64.5 cm³/mol. The molecule has 1 rings (SSSR count). The highest BCUT2D eigenvalue weighted by molar-refractivity contribution is 5.81. The number of rotatable bonds is 3. The van der Waals surface area contributed by atoms with Crippen LogP contribution in [0.2, 0.25) is 0 Å². The van der Waals surface area contributed by atoms with Gasteiger partial charge in [-0.25, -0.2) is 0 Å². The van der Waals surface area contributed by atoms with Crippen molar-refractivity contribution >= 4 is 11.9 Å². The number of carbonyl (C=O) groups is 2. The van der Waals surface area contributed by atoms with Crippen LogP contribution in [0.3, 0.4) is 0 Å². The first-order valence-corrected chi connectivity index (χ1v) is 6.02. The first-order valence-electron chi connectivity index (χ1n) is 6.02. The van der Waals surface area contributed by atoms with Crippen LogP contribution in [0.25, 0.3) is 0 Å². The van der Waals surface area contributed by atoms with E-state index in [9.17, 15) is 9.59 Å². The van der Waals surface area contributed by atoms with Gasteiger partial charge in [-0.2, -0.15) is 0 Å².